The van der Waals surface area contributed by atoms with Gasteiger partial charge in [0, 0.05) is 11.1 Å². The van der Waals surface area contributed by atoms with Crippen LogP contribution in [0.1, 0.15) is 15.9 Å². The van der Waals surface area contributed by atoms with E-state index in [1.54, 1.807) is 42.5 Å². The fourth-order valence-electron chi connectivity index (χ4n) is 1.77. The molecule has 2 rings (SSSR count). The molecule has 86 valence electrons. The van der Waals surface area contributed by atoms with Gasteiger partial charge in [0.1, 0.15) is 5.75 Å². The number of aromatic carboxylic acids is 1. The monoisotopic (exact) mass is 228 g/mol. The average Bonchev–Trinajstić information content (AvgIpc) is 2.29. The number of phenolic OH excluding ortho intramolecular Hbond substituents is 1. The van der Waals surface area contributed by atoms with E-state index in [-0.39, 0.29) is 11.3 Å². The van der Waals surface area contributed by atoms with Gasteiger partial charge in [-0.2, -0.15) is 0 Å². The Hall–Kier alpha value is -2.29. The Morgan fingerprint density at radius 2 is 1.76 bits per heavy atom. The van der Waals surface area contributed by atoms with Crippen molar-refractivity contribution in [3.8, 4) is 16.9 Å². The van der Waals surface area contributed by atoms with E-state index >= 15 is 0 Å². The third kappa shape index (κ3) is 2.13. The van der Waals surface area contributed by atoms with Crippen LogP contribution in [0.25, 0.3) is 11.1 Å². The van der Waals surface area contributed by atoms with Gasteiger partial charge in [0.25, 0.3) is 0 Å². The molecule has 0 aliphatic carbocycles. The normalized spacial score (nSPS) is 10.2. The summed E-state index contributed by atoms with van der Waals surface area (Å²) < 4.78 is 0. The van der Waals surface area contributed by atoms with Crippen LogP contribution in [-0.2, 0) is 0 Å². The average molecular weight is 228 g/mol. The van der Waals surface area contributed by atoms with Crippen molar-refractivity contribution in [1.29, 1.82) is 0 Å². The van der Waals surface area contributed by atoms with E-state index in [0.29, 0.717) is 11.1 Å². The van der Waals surface area contributed by atoms with E-state index in [1.165, 1.54) is 0 Å². The molecule has 0 saturated heterocycles. The molecule has 0 aromatic heterocycles. The molecule has 0 aliphatic rings. The van der Waals surface area contributed by atoms with Crippen LogP contribution < -0.4 is 0 Å². The van der Waals surface area contributed by atoms with Crippen LogP contribution in [0.3, 0.4) is 0 Å². The first-order valence-corrected chi connectivity index (χ1v) is 5.22. The highest BCUT2D eigenvalue weighted by Crippen LogP contribution is 2.32. The minimum Gasteiger partial charge on any atom is -0.507 e. The van der Waals surface area contributed by atoms with E-state index in [9.17, 15) is 9.90 Å². The van der Waals surface area contributed by atoms with E-state index in [0.717, 1.165) is 5.56 Å². The minimum absolute atomic E-state index is 0.0839. The molecule has 3 nitrogen and oxygen atoms in total. The maximum atomic E-state index is 11.1. The van der Waals surface area contributed by atoms with Crippen LogP contribution in [0.15, 0.2) is 42.5 Å². The van der Waals surface area contributed by atoms with Crippen LogP contribution in [0, 0.1) is 6.92 Å². The fraction of sp³-hybridized carbons (Fsp3) is 0.0714. The maximum absolute atomic E-state index is 11.1. The van der Waals surface area contributed by atoms with E-state index in [4.69, 9.17) is 5.11 Å². The van der Waals surface area contributed by atoms with Crippen molar-refractivity contribution in [3.63, 3.8) is 0 Å². The predicted octanol–water partition coefficient (Wildman–Crippen LogP) is 3.07. The summed E-state index contributed by atoms with van der Waals surface area (Å²) in [5.41, 5.74) is 2.22. The predicted molar refractivity (Wildman–Crippen MR) is 65.2 cm³/mol. The van der Waals surface area contributed by atoms with Crippen LogP contribution in [0.5, 0.6) is 5.75 Å². The fourth-order valence-corrected chi connectivity index (χ4v) is 1.77. The number of hydrogen-bond acceptors (Lipinski definition) is 2. The van der Waals surface area contributed by atoms with Crippen molar-refractivity contribution in [2.45, 2.75) is 6.92 Å². The highest BCUT2D eigenvalue weighted by molar-refractivity contribution is 5.97. The Balaban J connectivity index is 2.70. The van der Waals surface area contributed by atoms with Gasteiger partial charge in [0.15, 0.2) is 0 Å². The number of aromatic hydroxyl groups is 1. The molecule has 2 aromatic rings. The van der Waals surface area contributed by atoms with E-state index in [1.807, 2.05) is 6.92 Å². The molecule has 0 radical (unpaired) electrons. The summed E-state index contributed by atoms with van der Waals surface area (Å²) in [7, 11) is 0. The van der Waals surface area contributed by atoms with Crippen molar-refractivity contribution in [2.24, 2.45) is 0 Å². The van der Waals surface area contributed by atoms with Crippen molar-refractivity contribution in [3.05, 3.63) is 53.6 Å². The molecule has 3 heteroatoms. The third-order valence-corrected chi connectivity index (χ3v) is 2.60. The lowest BCUT2D eigenvalue weighted by atomic mass is 9.97. The second-order valence-electron chi connectivity index (χ2n) is 3.87. The summed E-state index contributed by atoms with van der Waals surface area (Å²) in [5.74, 6) is -0.913. The molecular weight excluding hydrogens is 216 g/mol. The smallest absolute Gasteiger partial charge is 0.336 e. The summed E-state index contributed by atoms with van der Waals surface area (Å²) in [6, 6.07) is 11.8. The SMILES string of the molecule is Cc1ccc(C(=O)O)c(-c2ccccc2O)c1. The van der Waals surface area contributed by atoms with Crippen molar-refractivity contribution in [1.82, 2.24) is 0 Å². The van der Waals surface area contributed by atoms with Gasteiger partial charge in [-0.25, -0.2) is 4.79 Å². The Morgan fingerprint density at radius 3 is 2.41 bits per heavy atom. The number of para-hydroxylation sites is 1. The first-order valence-electron chi connectivity index (χ1n) is 5.22. The van der Waals surface area contributed by atoms with Crippen LogP contribution >= 0.6 is 0 Å². The molecule has 0 aliphatic heterocycles. The summed E-state index contributed by atoms with van der Waals surface area (Å²) >= 11 is 0. The maximum Gasteiger partial charge on any atom is 0.336 e. The molecule has 0 amide bonds. The zero-order valence-corrected chi connectivity index (χ0v) is 9.34. The molecule has 0 spiro atoms. The highest BCUT2D eigenvalue weighted by Gasteiger charge is 2.13. The molecular formula is C14H12O3. The Morgan fingerprint density at radius 1 is 1.06 bits per heavy atom. The van der Waals surface area contributed by atoms with Crippen LogP contribution in [0.4, 0.5) is 0 Å². The number of hydrogen-bond donors (Lipinski definition) is 2. The highest BCUT2D eigenvalue weighted by atomic mass is 16.4. The van der Waals surface area contributed by atoms with Gasteiger partial charge in [0.2, 0.25) is 0 Å². The second-order valence-corrected chi connectivity index (χ2v) is 3.87. The molecule has 0 unspecified atom stereocenters. The summed E-state index contributed by atoms with van der Waals surface area (Å²) in [6.07, 6.45) is 0. The molecule has 2 N–H and O–H groups in total. The molecule has 2 aromatic carbocycles. The largest absolute Gasteiger partial charge is 0.507 e. The van der Waals surface area contributed by atoms with Gasteiger partial charge in [0.05, 0.1) is 5.56 Å². The van der Waals surface area contributed by atoms with Gasteiger partial charge in [-0.1, -0.05) is 35.9 Å². The van der Waals surface area contributed by atoms with Gasteiger partial charge >= 0.3 is 5.97 Å². The van der Waals surface area contributed by atoms with Crippen LogP contribution in [0.2, 0.25) is 0 Å². The Kier molecular flexibility index (Phi) is 2.83. The molecule has 0 fully saturated rings. The van der Waals surface area contributed by atoms with Gasteiger partial charge in [-0.15, -0.1) is 0 Å². The van der Waals surface area contributed by atoms with Crippen molar-refractivity contribution < 1.29 is 15.0 Å². The number of carboxylic acids is 1. The second kappa shape index (κ2) is 4.29. The summed E-state index contributed by atoms with van der Waals surface area (Å²) in [5, 5.41) is 18.9. The van der Waals surface area contributed by atoms with Gasteiger partial charge in [-0.3, -0.25) is 0 Å². The van der Waals surface area contributed by atoms with Gasteiger partial charge < -0.3 is 10.2 Å². The number of aryl methyl sites for hydroxylation is 1. The lowest BCUT2D eigenvalue weighted by Gasteiger charge is -2.09. The van der Waals surface area contributed by atoms with Crippen molar-refractivity contribution in [2.75, 3.05) is 0 Å². The first kappa shape index (κ1) is 11.2. The number of rotatable bonds is 2. The lowest BCUT2D eigenvalue weighted by molar-refractivity contribution is 0.0698. The number of carbonyl (C=O) groups is 1. The molecule has 0 bridgehead atoms. The van der Waals surface area contributed by atoms with Crippen molar-refractivity contribution >= 4 is 5.97 Å². The lowest BCUT2D eigenvalue weighted by Crippen LogP contribution is -1.99. The van der Waals surface area contributed by atoms with E-state index in [2.05, 4.69) is 0 Å². The van der Waals surface area contributed by atoms with Gasteiger partial charge in [-0.05, 0) is 19.1 Å². The zero-order valence-electron chi connectivity index (χ0n) is 9.34. The number of carboxylic acid groups (broad SMARTS) is 1. The summed E-state index contributed by atoms with van der Waals surface area (Å²) in [4.78, 5) is 11.1. The minimum atomic E-state index is -0.997. The Bertz CT molecular complexity index is 573. The topological polar surface area (TPSA) is 57.5 Å². The standard InChI is InChI=1S/C14H12O3/c1-9-6-7-11(14(16)17)12(8-9)10-4-2-3-5-13(10)15/h2-8,15H,1H3,(H,16,17). The quantitative estimate of drug-likeness (QED) is 0.830. The molecule has 17 heavy (non-hydrogen) atoms. The molecule has 0 saturated carbocycles. The van der Waals surface area contributed by atoms with Crippen LogP contribution in [-0.4, -0.2) is 16.2 Å². The number of phenols is 1. The zero-order chi connectivity index (χ0) is 12.4. The Labute approximate surface area is 99.0 Å². The molecule has 0 heterocycles. The molecule has 0 atom stereocenters. The first-order chi connectivity index (χ1) is 8.09. The summed E-state index contributed by atoms with van der Waals surface area (Å²) in [6.45, 7) is 1.88. The number of benzene rings is 2. The van der Waals surface area contributed by atoms with E-state index < -0.39 is 5.97 Å². The third-order valence-electron chi connectivity index (χ3n) is 2.60.